The second-order valence-corrected chi connectivity index (χ2v) is 3.27. The molecule has 12 heavy (non-hydrogen) atoms. The smallest absolute Gasteiger partial charge is 0.162 e. The predicted octanol–water partition coefficient (Wildman–Crippen LogP) is 1.98. The third-order valence-corrected chi connectivity index (χ3v) is 2.34. The Morgan fingerprint density at radius 3 is 2.83 bits per heavy atom. The van der Waals surface area contributed by atoms with Crippen LogP contribution in [0.1, 0.15) is 0 Å². The van der Waals surface area contributed by atoms with E-state index in [1.165, 1.54) is 0 Å². The van der Waals surface area contributed by atoms with Gasteiger partial charge < -0.3 is 9.47 Å². The molecule has 0 aliphatic carbocycles. The molecular weight excluding hydrogens is 172 g/mol. The van der Waals surface area contributed by atoms with E-state index >= 15 is 0 Å². The van der Waals surface area contributed by atoms with Gasteiger partial charge in [-0.2, -0.15) is 0 Å². The Morgan fingerprint density at radius 2 is 2.08 bits per heavy atom. The first-order valence-corrected chi connectivity index (χ1v) is 4.98. The van der Waals surface area contributed by atoms with Crippen LogP contribution >= 0.6 is 11.8 Å². The minimum absolute atomic E-state index is 0.638. The van der Waals surface area contributed by atoms with E-state index in [-0.39, 0.29) is 0 Å². The summed E-state index contributed by atoms with van der Waals surface area (Å²) in [5.74, 6) is 1.64. The van der Waals surface area contributed by atoms with E-state index in [0.717, 1.165) is 16.4 Å². The molecule has 0 aromatic heterocycles. The van der Waals surface area contributed by atoms with E-state index in [1.54, 1.807) is 11.8 Å². The number of rotatable bonds is 1. The molecule has 1 aliphatic rings. The van der Waals surface area contributed by atoms with Gasteiger partial charge in [0.2, 0.25) is 0 Å². The maximum Gasteiger partial charge on any atom is 0.162 e. The summed E-state index contributed by atoms with van der Waals surface area (Å²) in [6.45, 7) is 1.28. The average molecular weight is 181 g/mol. The van der Waals surface area contributed by atoms with Crippen molar-refractivity contribution in [3.63, 3.8) is 0 Å². The Balaban J connectivity index is 2.36. The molecule has 0 saturated carbocycles. The standard InChI is InChI=1S/C9H9O2S/c1-12-7-2-3-8-9(6-7)11-5-4-10-8/h3,6H,4-5H2,1H3. The molecule has 63 valence electrons. The third-order valence-electron chi connectivity index (χ3n) is 1.67. The molecule has 0 atom stereocenters. The van der Waals surface area contributed by atoms with Crippen molar-refractivity contribution >= 4 is 11.8 Å². The van der Waals surface area contributed by atoms with Gasteiger partial charge in [-0.15, -0.1) is 11.8 Å². The Hall–Kier alpha value is -0.830. The summed E-state index contributed by atoms with van der Waals surface area (Å²) in [5, 5.41) is 0. The molecule has 1 heterocycles. The zero-order valence-electron chi connectivity index (χ0n) is 6.79. The Morgan fingerprint density at radius 1 is 1.33 bits per heavy atom. The zero-order chi connectivity index (χ0) is 8.39. The van der Waals surface area contributed by atoms with Gasteiger partial charge in [-0.25, -0.2) is 0 Å². The molecule has 1 radical (unpaired) electrons. The second-order valence-electron chi connectivity index (χ2n) is 2.43. The van der Waals surface area contributed by atoms with Crippen molar-refractivity contribution in [2.45, 2.75) is 4.90 Å². The Bertz CT molecular complexity index is 286. The van der Waals surface area contributed by atoms with Crippen LogP contribution in [0, 0.1) is 6.07 Å². The summed E-state index contributed by atoms with van der Waals surface area (Å²) in [5.41, 5.74) is 0. The minimum atomic E-state index is 0.638. The van der Waals surface area contributed by atoms with E-state index in [2.05, 4.69) is 6.07 Å². The number of ether oxygens (including phenoxy) is 2. The van der Waals surface area contributed by atoms with Gasteiger partial charge in [0.15, 0.2) is 11.5 Å². The Kier molecular flexibility index (Phi) is 2.13. The van der Waals surface area contributed by atoms with Crippen LogP contribution in [-0.2, 0) is 0 Å². The van der Waals surface area contributed by atoms with Crippen LogP contribution in [-0.4, -0.2) is 19.5 Å². The van der Waals surface area contributed by atoms with Crippen molar-refractivity contribution in [1.82, 2.24) is 0 Å². The van der Waals surface area contributed by atoms with Crippen LogP contribution in [0.15, 0.2) is 17.0 Å². The highest BCUT2D eigenvalue weighted by Crippen LogP contribution is 2.32. The molecule has 0 unspecified atom stereocenters. The molecule has 0 amide bonds. The SMILES string of the molecule is CSc1[c]cc2c(c1)OCCO2. The molecule has 0 N–H and O–H groups in total. The van der Waals surface area contributed by atoms with Crippen molar-refractivity contribution in [3.8, 4) is 11.5 Å². The number of fused-ring (bicyclic) bond motifs is 1. The molecule has 1 aliphatic heterocycles. The summed E-state index contributed by atoms with van der Waals surface area (Å²) < 4.78 is 10.8. The van der Waals surface area contributed by atoms with Gasteiger partial charge in [-0.3, -0.25) is 0 Å². The molecule has 0 fully saturated rings. The first kappa shape index (κ1) is 7.80. The largest absolute Gasteiger partial charge is 0.486 e. The van der Waals surface area contributed by atoms with Gasteiger partial charge in [-0.1, -0.05) is 0 Å². The van der Waals surface area contributed by atoms with Crippen molar-refractivity contribution in [2.24, 2.45) is 0 Å². The highest BCUT2D eigenvalue weighted by Gasteiger charge is 2.10. The lowest BCUT2D eigenvalue weighted by Crippen LogP contribution is -2.15. The van der Waals surface area contributed by atoms with Gasteiger partial charge in [0, 0.05) is 11.0 Å². The highest BCUT2D eigenvalue weighted by atomic mass is 32.2. The zero-order valence-corrected chi connectivity index (χ0v) is 7.61. The second kappa shape index (κ2) is 3.27. The number of benzene rings is 1. The van der Waals surface area contributed by atoms with Crippen LogP contribution in [0.5, 0.6) is 11.5 Å². The molecular formula is C9H9O2S. The van der Waals surface area contributed by atoms with Gasteiger partial charge in [-0.05, 0) is 18.4 Å². The summed E-state index contributed by atoms with van der Waals surface area (Å²) >= 11 is 1.65. The van der Waals surface area contributed by atoms with Gasteiger partial charge in [0.25, 0.3) is 0 Å². The maximum atomic E-state index is 5.41. The van der Waals surface area contributed by atoms with Crippen LogP contribution < -0.4 is 9.47 Å². The number of thioether (sulfide) groups is 1. The minimum Gasteiger partial charge on any atom is -0.486 e. The molecule has 2 rings (SSSR count). The van der Waals surface area contributed by atoms with Gasteiger partial charge in [0.05, 0.1) is 0 Å². The quantitative estimate of drug-likeness (QED) is 0.617. The van der Waals surface area contributed by atoms with E-state index in [1.807, 2.05) is 18.4 Å². The normalized spacial score (nSPS) is 14.4. The van der Waals surface area contributed by atoms with E-state index < -0.39 is 0 Å². The molecule has 0 saturated heterocycles. The molecule has 3 heteroatoms. The number of hydrogen-bond donors (Lipinski definition) is 0. The van der Waals surface area contributed by atoms with Crippen LogP contribution in [0.4, 0.5) is 0 Å². The molecule has 0 bridgehead atoms. The van der Waals surface area contributed by atoms with E-state index in [0.29, 0.717) is 13.2 Å². The maximum absolute atomic E-state index is 5.41. The topological polar surface area (TPSA) is 18.5 Å². The van der Waals surface area contributed by atoms with Crippen molar-refractivity contribution < 1.29 is 9.47 Å². The fourth-order valence-electron chi connectivity index (χ4n) is 1.09. The molecule has 1 aromatic carbocycles. The first-order valence-electron chi connectivity index (χ1n) is 3.75. The molecule has 2 nitrogen and oxygen atoms in total. The monoisotopic (exact) mass is 181 g/mol. The fourth-order valence-corrected chi connectivity index (χ4v) is 1.49. The van der Waals surface area contributed by atoms with Crippen molar-refractivity contribution in [2.75, 3.05) is 19.5 Å². The summed E-state index contributed by atoms with van der Waals surface area (Å²) in [6.07, 6.45) is 2.02. The van der Waals surface area contributed by atoms with E-state index in [9.17, 15) is 0 Å². The average Bonchev–Trinajstić information content (AvgIpc) is 2.17. The first-order chi connectivity index (χ1) is 5.90. The van der Waals surface area contributed by atoms with Gasteiger partial charge in [0.1, 0.15) is 13.2 Å². The lowest BCUT2D eigenvalue weighted by Gasteiger charge is -2.18. The lowest BCUT2D eigenvalue weighted by molar-refractivity contribution is 0.171. The lowest BCUT2D eigenvalue weighted by atomic mass is 10.3. The van der Waals surface area contributed by atoms with Crippen molar-refractivity contribution in [1.29, 1.82) is 0 Å². The van der Waals surface area contributed by atoms with Crippen LogP contribution in [0.2, 0.25) is 0 Å². The van der Waals surface area contributed by atoms with Crippen LogP contribution in [0.3, 0.4) is 0 Å². The number of hydrogen-bond acceptors (Lipinski definition) is 3. The third kappa shape index (κ3) is 1.37. The highest BCUT2D eigenvalue weighted by molar-refractivity contribution is 7.98. The predicted molar refractivity (Wildman–Crippen MR) is 48.0 cm³/mol. The molecule has 1 aromatic rings. The van der Waals surface area contributed by atoms with Crippen molar-refractivity contribution in [3.05, 3.63) is 18.2 Å². The van der Waals surface area contributed by atoms with Crippen LogP contribution in [0.25, 0.3) is 0 Å². The summed E-state index contributed by atoms with van der Waals surface area (Å²) in [6, 6.07) is 6.90. The van der Waals surface area contributed by atoms with Gasteiger partial charge >= 0.3 is 0 Å². The fraction of sp³-hybridized carbons (Fsp3) is 0.333. The molecule has 0 spiro atoms. The Labute approximate surface area is 75.9 Å². The summed E-state index contributed by atoms with van der Waals surface area (Å²) in [7, 11) is 0. The summed E-state index contributed by atoms with van der Waals surface area (Å²) in [4.78, 5) is 1.08. The van der Waals surface area contributed by atoms with E-state index in [4.69, 9.17) is 9.47 Å².